The highest BCUT2D eigenvalue weighted by Crippen LogP contribution is 2.49. The third-order valence-corrected chi connectivity index (χ3v) is 8.98. The molecule has 6 nitrogen and oxygen atoms in total. The lowest BCUT2D eigenvalue weighted by atomic mass is 9.59. The Labute approximate surface area is 219 Å². The van der Waals surface area contributed by atoms with E-state index in [-0.39, 0.29) is 23.3 Å². The van der Waals surface area contributed by atoms with Crippen LogP contribution in [0, 0.1) is 24.1 Å². The topological polar surface area (TPSA) is 67.9 Å². The van der Waals surface area contributed by atoms with Crippen LogP contribution >= 0.6 is 15.9 Å². The van der Waals surface area contributed by atoms with Crippen LogP contribution in [0.15, 0.2) is 34.8 Å². The van der Waals surface area contributed by atoms with Gasteiger partial charge in [-0.2, -0.15) is 0 Å². The molecular weight excluding hydrogens is 527 g/mol. The van der Waals surface area contributed by atoms with E-state index in [1.807, 2.05) is 11.8 Å². The van der Waals surface area contributed by atoms with E-state index in [0.29, 0.717) is 52.7 Å². The van der Waals surface area contributed by atoms with Gasteiger partial charge in [0.05, 0.1) is 13.7 Å². The van der Waals surface area contributed by atoms with Crippen molar-refractivity contribution >= 4 is 27.7 Å². The molecule has 36 heavy (non-hydrogen) atoms. The van der Waals surface area contributed by atoms with Crippen LogP contribution in [-0.4, -0.2) is 49.6 Å². The Hall–Kier alpha value is -2.61. The Kier molecular flexibility index (Phi) is 6.99. The number of rotatable bonds is 7. The quantitative estimate of drug-likeness (QED) is 0.486. The summed E-state index contributed by atoms with van der Waals surface area (Å²) < 4.78 is 25.9. The minimum atomic E-state index is -0.425. The van der Waals surface area contributed by atoms with Gasteiger partial charge in [-0.3, -0.25) is 9.59 Å². The summed E-state index contributed by atoms with van der Waals surface area (Å²) in [5.74, 6) is 1.16. The van der Waals surface area contributed by atoms with E-state index in [4.69, 9.17) is 9.47 Å². The number of nitrogens with zero attached hydrogens (tertiary/aromatic N) is 1. The summed E-state index contributed by atoms with van der Waals surface area (Å²) in [6.07, 6.45) is 5.97. The molecule has 1 atom stereocenters. The van der Waals surface area contributed by atoms with Crippen LogP contribution in [0.2, 0.25) is 0 Å². The van der Waals surface area contributed by atoms with Gasteiger partial charge in [-0.15, -0.1) is 0 Å². The molecule has 1 unspecified atom stereocenters. The molecule has 3 aliphatic rings. The molecular formula is C28H32BrFN2O4. The fraction of sp³-hybridized carbons (Fsp3) is 0.500. The van der Waals surface area contributed by atoms with Crippen molar-refractivity contribution in [2.24, 2.45) is 11.3 Å². The molecule has 2 aromatic rings. The highest BCUT2D eigenvalue weighted by atomic mass is 79.9. The number of likely N-dealkylation sites (tertiary alicyclic amines) is 1. The largest absolute Gasteiger partial charge is 0.493 e. The molecule has 1 spiro atoms. The molecule has 3 fully saturated rings. The second-order valence-electron chi connectivity index (χ2n) is 10.4. The first-order valence-electron chi connectivity index (χ1n) is 12.7. The molecule has 5 rings (SSSR count). The fourth-order valence-corrected chi connectivity index (χ4v) is 5.81. The van der Waals surface area contributed by atoms with Gasteiger partial charge >= 0.3 is 0 Å². The molecule has 1 saturated heterocycles. The average molecular weight is 559 g/mol. The van der Waals surface area contributed by atoms with E-state index in [2.05, 4.69) is 21.2 Å². The van der Waals surface area contributed by atoms with Gasteiger partial charge in [0.25, 0.3) is 11.8 Å². The number of benzene rings is 2. The lowest BCUT2D eigenvalue weighted by Crippen LogP contribution is -2.59. The minimum Gasteiger partial charge on any atom is -0.493 e. The number of halogens is 2. The number of nitrogens with one attached hydrogen (secondary N) is 1. The van der Waals surface area contributed by atoms with Crippen LogP contribution in [0.25, 0.3) is 0 Å². The molecule has 8 heteroatoms. The first-order valence-corrected chi connectivity index (χ1v) is 13.5. The van der Waals surface area contributed by atoms with Crippen LogP contribution in [0.1, 0.15) is 64.8 Å². The maximum atomic E-state index is 13.9. The third-order valence-electron chi connectivity index (χ3n) is 8.16. The average Bonchev–Trinajstić information content (AvgIpc) is 3.71. The number of hydrogen-bond acceptors (Lipinski definition) is 4. The van der Waals surface area contributed by atoms with E-state index >= 15 is 0 Å². The number of carbonyl (C=O) groups is 2. The lowest BCUT2D eigenvalue weighted by Gasteiger charge is -2.54. The lowest BCUT2D eigenvalue weighted by molar-refractivity contribution is -0.00235. The maximum Gasteiger partial charge on any atom is 0.254 e. The van der Waals surface area contributed by atoms with E-state index < -0.39 is 5.82 Å². The standard InChI is InChI=1S/C28H32BrFN2O4/c1-17-21(14-20(30)15-22(17)29)27(34)32-11-9-28(10-12-32)8-7-25(28)31-26(33)19-5-6-23(35-2)24(13-19)36-16-18-3-4-18/h5-6,13-15,18,25H,3-4,7-12,16H2,1-2H3,(H,31,33). The summed E-state index contributed by atoms with van der Waals surface area (Å²) in [6, 6.07) is 8.09. The summed E-state index contributed by atoms with van der Waals surface area (Å²) in [4.78, 5) is 28.0. The van der Waals surface area contributed by atoms with Gasteiger partial charge in [-0.1, -0.05) is 15.9 Å². The Balaban J connectivity index is 1.21. The van der Waals surface area contributed by atoms with Crippen LogP contribution < -0.4 is 14.8 Å². The van der Waals surface area contributed by atoms with Crippen molar-refractivity contribution in [3.8, 4) is 11.5 Å². The van der Waals surface area contributed by atoms with Gasteiger partial charge in [-0.05, 0) is 92.7 Å². The molecule has 0 radical (unpaired) electrons. The summed E-state index contributed by atoms with van der Waals surface area (Å²) in [6.45, 7) is 3.66. The van der Waals surface area contributed by atoms with Gasteiger partial charge in [0, 0.05) is 34.7 Å². The molecule has 1 aliphatic heterocycles. The molecule has 2 aliphatic carbocycles. The highest BCUT2D eigenvalue weighted by molar-refractivity contribution is 9.10. The van der Waals surface area contributed by atoms with Crippen molar-refractivity contribution < 1.29 is 23.5 Å². The Morgan fingerprint density at radius 1 is 1.11 bits per heavy atom. The van der Waals surface area contributed by atoms with Crippen LogP contribution in [0.5, 0.6) is 11.5 Å². The molecule has 192 valence electrons. The van der Waals surface area contributed by atoms with Crippen LogP contribution in [-0.2, 0) is 0 Å². The molecule has 1 N–H and O–H groups in total. The summed E-state index contributed by atoms with van der Waals surface area (Å²) in [7, 11) is 1.60. The Morgan fingerprint density at radius 3 is 2.50 bits per heavy atom. The number of piperidine rings is 1. The zero-order valence-corrected chi connectivity index (χ0v) is 22.3. The zero-order chi connectivity index (χ0) is 25.4. The predicted molar refractivity (Wildman–Crippen MR) is 138 cm³/mol. The van der Waals surface area contributed by atoms with Crippen LogP contribution in [0.4, 0.5) is 4.39 Å². The fourth-order valence-electron chi connectivity index (χ4n) is 5.38. The normalized spacial score (nSPS) is 20.6. The second kappa shape index (κ2) is 10.0. The molecule has 2 aromatic carbocycles. The van der Waals surface area contributed by atoms with Crippen molar-refractivity contribution in [1.82, 2.24) is 10.2 Å². The smallest absolute Gasteiger partial charge is 0.254 e. The van der Waals surface area contributed by atoms with Gasteiger partial charge in [0.2, 0.25) is 0 Å². The number of ether oxygens (including phenoxy) is 2. The first kappa shape index (κ1) is 25.1. The summed E-state index contributed by atoms with van der Waals surface area (Å²) in [5.41, 5.74) is 1.70. The number of amides is 2. The summed E-state index contributed by atoms with van der Waals surface area (Å²) >= 11 is 3.34. The van der Waals surface area contributed by atoms with E-state index in [1.165, 1.54) is 25.0 Å². The van der Waals surface area contributed by atoms with Crippen molar-refractivity contribution in [2.45, 2.75) is 51.5 Å². The van der Waals surface area contributed by atoms with E-state index in [1.54, 1.807) is 25.3 Å². The highest BCUT2D eigenvalue weighted by Gasteiger charge is 2.49. The predicted octanol–water partition coefficient (Wildman–Crippen LogP) is 5.51. The first-order chi connectivity index (χ1) is 17.3. The Morgan fingerprint density at radius 2 is 1.86 bits per heavy atom. The number of hydrogen-bond donors (Lipinski definition) is 1. The van der Waals surface area contributed by atoms with E-state index in [9.17, 15) is 14.0 Å². The molecule has 1 heterocycles. The zero-order valence-electron chi connectivity index (χ0n) is 20.7. The van der Waals surface area contributed by atoms with E-state index in [0.717, 1.165) is 31.2 Å². The molecule has 2 amide bonds. The Bertz CT molecular complexity index is 1170. The third kappa shape index (κ3) is 4.97. The van der Waals surface area contributed by atoms with Crippen molar-refractivity contribution in [3.63, 3.8) is 0 Å². The van der Waals surface area contributed by atoms with Crippen LogP contribution in [0.3, 0.4) is 0 Å². The molecule has 0 aromatic heterocycles. The van der Waals surface area contributed by atoms with Crippen molar-refractivity contribution in [2.75, 3.05) is 26.8 Å². The number of carbonyl (C=O) groups excluding carboxylic acids is 2. The van der Waals surface area contributed by atoms with Gasteiger partial charge < -0.3 is 19.7 Å². The van der Waals surface area contributed by atoms with Crippen molar-refractivity contribution in [3.05, 3.63) is 57.3 Å². The number of methoxy groups -OCH3 is 1. The van der Waals surface area contributed by atoms with Gasteiger partial charge in [0.15, 0.2) is 11.5 Å². The van der Waals surface area contributed by atoms with Gasteiger partial charge in [-0.25, -0.2) is 4.39 Å². The summed E-state index contributed by atoms with van der Waals surface area (Å²) in [5, 5.41) is 3.24. The van der Waals surface area contributed by atoms with Gasteiger partial charge in [0.1, 0.15) is 5.82 Å². The monoisotopic (exact) mass is 558 g/mol. The molecule has 2 saturated carbocycles. The minimum absolute atomic E-state index is 0.00177. The maximum absolute atomic E-state index is 13.9. The SMILES string of the molecule is COc1ccc(C(=O)NC2CCC23CCN(C(=O)c2cc(F)cc(Br)c2C)CC3)cc1OCC1CC1. The second-order valence-corrected chi connectivity index (χ2v) is 11.3. The van der Waals surface area contributed by atoms with Crippen molar-refractivity contribution in [1.29, 1.82) is 0 Å². The molecule has 0 bridgehead atoms.